The van der Waals surface area contributed by atoms with Gasteiger partial charge in [-0.1, -0.05) is 6.07 Å². The summed E-state index contributed by atoms with van der Waals surface area (Å²) >= 11 is 0. The van der Waals surface area contributed by atoms with Crippen LogP contribution in [0.4, 0.5) is 11.4 Å². The normalized spacial score (nSPS) is 10.0. The van der Waals surface area contributed by atoms with Crippen LogP contribution in [0.25, 0.3) is 0 Å². The summed E-state index contributed by atoms with van der Waals surface area (Å²) in [6.45, 7) is 5.30. The molecule has 2 amide bonds. The summed E-state index contributed by atoms with van der Waals surface area (Å²) in [4.78, 5) is 35.0. The fourth-order valence-electron chi connectivity index (χ4n) is 2.21. The first-order valence-corrected chi connectivity index (χ1v) is 7.17. The first kappa shape index (κ1) is 16.4. The van der Waals surface area contributed by atoms with Gasteiger partial charge in [0.15, 0.2) is 5.78 Å². The lowest BCUT2D eigenvalue weighted by Crippen LogP contribution is -2.29. The molecule has 0 aromatic heterocycles. The van der Waals surface area contributed by atoms with Crippen molar-refractivity contribution >= 4 is 29.0 Å². The van der Waals surface area contributed by atoms with E-state index in [1.807, 2.05) is 19.9 Å². The van der Waals surface area contributed by atoms with Gasteiger partial charge >= 0.3 is 11.8 Å². The van der Waals surface area contributed by atoms with Crippen LogP contribution in [0.3, 0.4) is 0 Å². The fraction of sp³-hybridized carbons (Fsp3) is 0.167. The Hall–Kier alpha value is -2.95. The van der Waals surface area contributed by atoms with Gasteiger partial charge in [0.25, 0.3) is 0 Å². The molecule has 5 nitrogen and oxygen atoms in total. The zero-order valence-corrected chi connectivity index (χ0v) is 13.3. The molecule has 0 saturated carbocycles. The van der Waals surface area contributed by atoms with E-state index in [-0.39, 0.29) is 5.78 Å². The van der Waals surface area contributed by atoms with E-state index in [2.05, 4.69) is 10.6 Å². The quantitative estimate of drug-likeness (QED) is 0.675. The lowest BCUT2D eigenvalue weighted by atomic mass is 10.1. The molecule has 0 radical (unpaired) electrons. The average molecular weight is 310 g/mol. The molecule has 0 saturated heterocycles. The summed E-state index contributed by atoms with van der Waals surface area (Å²) in [5.74, 6) is -1.57. The number of ketones is 1. The Morgan fingerprint density at radius 3 is 1.70 bits per heavy atom. The van der Waals surface area contributed by atoms with Crippen molar-refractivity contribution in [2.75, 3.05) is 10.6 Å². The molecule has 0 bridgehead atoms. The SMILES string of the molecule is CC(=O)c1ccc(NC(=O)C(=O)Nc2cc(C)cc(C)c2)cc1. The molecular weight excluding hydrogens is 292 g/mol. The first-order chi connectivity index (χ1) is 10.8. The smallest absolute Gasteiger partial charge is 0.314 e. The molecule has 118 valence electrons. The Labute approximate surface area is 134 Å². The maximum atomic E-state index is 11.9. The van der Waals surface area contributed by atoms with Crippen molar-refractivity contribution in [2.45, 2.75) is 20.8 Å². The molecule has 23 heavy (non-hydrogen) atoms. The lowest BCUT2D eigenvalue weighted by molar-refractivity contribution is -0.132. The highest BCUT2D eigenvalue weighted by Crippen LogP contribution is 2.14. The van der Waals surface area contributed by atoms with E-state index in [0.717, 1.165) is 11.1 Å². The Morgan fingerprint density at radius 1 is 0.739 bits per heavy atom. The highest BCUT2D eigenvalue weighted by molar-refractivity contribution is 6.43. The van der Waals surface area contributed by atoms with E-state index in [9.17, 15) is 14.4 Å². The second kappa shape index (κ2) is 6.87. The molecule has 0 aliphatic carbocycles. The molecule has 0 unspecified atom stereocenters. The van der Waals surface area contributed by atoms with Crippen LogP contribution in [-0.2, 0) is 9.59 Å². The lowest BCUT2D eigenvalue weighted by Gasteiger charge is -2.08. The average Bonchev–Trinajstić information content (AvgIpc) is 2.46. The zero-order chi connectivity index (χ0) is 17.0. The molecule has 2 aromatic carbocycles. The van der Waals surface area contributed by atoms with Crippen molar-refractivity contribution in [3.8, 4) is 0 Å². The maximum Gasteiger partial charge on any atom is 0.314 e. The molecule has 0 fully saturated rings. The summed E-state index contributed by atoms with van der Waals surface area (Å²) in [5, 5.41) is 5.06. The largest absolute Gasteiger partial charge is 0.318 e. The predicted octanol–water partition coefficient (Wildman–Crippen LogP) is 3.08. The predicted molar refractivity (Wildman–Crippen MR) is 89.6 cm³/mol. The van der Waals surface area contributed by atoms with E-state index < -0.39 is 11.8 Å². The van der Waals surface area contributed by atoms with Crippen molar-refractivity contribution < 1.29 is 14.4 Å². The number of anilines is 2. The summed E-state index contributed by atoms with van der Waals surface area (Å²) < 4.78 is 0. The number of carbonyl (C=O) groups excluding carboxylic acids is 3. The Morgan fingerprint density at radius 2 is 1.22 bits per heavy atom. The second-order valence-corrected chi connectivity index (χ2v) is 5.42. The van der Waals surface area contributed by atoms with Gasteiger partial charge in [-0.3, -0.25) is 14.4 Å². The van der Waals surface area contributed by atoms with Crippen molar-refractivity contribution in [1.82, 2.24) is 0 Å². The van der Waals surface area contributed by atoms with Crippen LogP contribution in [0, 0.1) is 13.8 Å². The number of benzene rings is 2. The van der Waals surface area contributed by atoms with Gasteiger partial charge in [0.05, 0.1) is 0 Å². The Kier molecular flexibility index (Phi) is 4.91. The monoisotopic (exact) mass is 310 g/mol. The van der Waals surface area contributed by atoms with Gasteiger partial charge in [0.1, 0.15) is 0 Å². The standard InChI is InChI=1S/C18H18N2O3/c1-11-8-12(2)10-16(9-11)20-18(23)17(22)19-15-6-4-14(5-7-15)13(3)21/h4-10H,1-3H3,(H,19,22)(H,20,23). The topological polar surface area (TPSA) is 75.3 Å². The Balaban J connectivity index is 2.02. The highest BCUT2D eigenvalue weighted by atomic mass is 16.2. The van der Waals surface area contributed by atoms with Gasteiger partial charge in [0, 0.05) is 16.9 Å². The summed E-state index contributed by atoms with van der Waals surface area (Å²) in [5.41, 5.74) is 3.58. The summed E-state index contributed by atoms with van der Waals surface area (Å²) in [6.07, 6.45) is 0. The third-order valence-corrected chi connectivity index (χ3v) is 3.24. The number of aryl methyl sites for hydroxylation is 2. The van der Waals surface area contributed by atoms with E-state index in [4.69, 9.17) is 0 Å². The zero-order valence-electron chi connectivity index (χ0n) is 13.3. The van der Waals surface area contributed by atoms with E-state index in [1.54, 1.807) is 36.4 Å². The van der Waals surface area contributed by atoms with Crippen LogP contribution in [0.1, 0.15) is 28.4 Å². The van der Waals surface area contributed by atoms with Gasteiger partial charge in [0.2, 0.25) is 0 Å². The first-order valence-electron chi connectivity index (χ1n) is 7.17. The van der Waals surface area contributed by atoms with Crippen LogP contribution in [-0.4, -0.2) is 17.6 Å². The molecule has 2 N–H and O–H groups in total. The maximum absolute atomic E-state index is 11.9. The van der Waals surface area contributed by atoms with Crippen molar-refractivity contribution in [3.05, 3.63) is 59.2 Å². The van der Waals surface area contributed by atoms with Crippen LogP contribution in [0.2, 0.25) is 0 Å². The number of hydrogen-bond acceptors (Lipinski definition) is 3. The second-order valence-electron chi connectivity index (χ2n) is 5.42. The number of carbonyl (C=O) groups is 3. The van der Waals surface area contributed by atoms with Gasteiger partial charge in [-0.15, -0.1) is 0 Å². The minimum Gasteiger partial charge on any atom is -0.318 e. The molecule has 0 atom stereocenters. The number of amides is 2. The van der Waals surface area contributed by atoms with Crippen LogP contribution >= 0.6 is 0 Å². The fourth-order valence-corrected chi connectivity index (χ4v) is 2.21. The Bertz CT molecular complexity index is 744. The van der Waals surface area contributed by atoms with E-state index in [1.165, 1.54) is 6.92 Å². The highest BCUT2D eigenvalue weighted by Gasteiger charge is 2.14. The third kappa shape index (κ3) is 4.51. The minimum absolute atomic E-state index is 0.0598. The van der Waals surface area contributed by atoms with E-state index in [0.29, 0.717) is 16.9 Å². The summed E-state index contributed by atoms with van der Waals surface area (Å²) in [7, 11) is 0. The van der Waals surface area contributed by atoms with Crippen LogP contribution < -0.4 is 10.6 Å². The van der Waals surface area contributed by atoms with Gasteiger partial charge in [-0.2, -0.15) is 0 Å². The molecule has 0 heterocycles. The van der Waals surface area contributed by atoms with Gasteiger partial charge < -0.3 is 10.6 Å². The number of rotatable bonds is 3. The molecule has 2 aromatic rings. The molecule has 0 aliphatic rings. The number of hydrogen-bond donors (Lipinski definition) is 2. The third-order valence-electron chi connectivity index (χ3n) is 3.24. The molecule has 5 heteroatoms. The van der Waals surface area contributed by atoms with Crippen molar-refractivity contribution in [1.29, 1.82) is 0 Å². The number of Topliss-reactive ketones (excluding diaryl/α,β-unsaturated/α-hetero) is 1. The molecule has 2 rings (SSSR count). The molecule has 0 aliphatic heterocycles. The van der Waals surface area contributed by atoms with E-state index >= 15 is 0 Å². The number of nitrogens with one attached hydrogen (secondary N) is 2. The summed E-state index contributed by atoms with van der Waals surface area (Å²) in [6, 6.07) is 11.9. The van der Waals surface area contributed by atoms with Crippen molar-refractivity contribution in [3.63, 3.8) is 0 Å². The van der Waals surface area contributed by atoms with Crippen LogP contribution in [0.15, 0.2) is 42.5 Å². The van der Waals surface area contributed by atoms with Crippen molar-refractivity contribution in [2.24, 2.45) is 0 Å². The minimum atomic E-state index is -0.764. The molecule has 0 spiro atoms. The van der Waals surface area contributed by atoms with Gasteiger partial charge in [-0.25, -0.2) is 0 Å². The van der Waals surface area contributed by atoms with Gasteiger partial charge in [-0.05, 0) is 68.3 Å². The molecular formula is C18H18N2O3. The van der Waals surface area contributed by atoms with Crippen LogP contribution in [0.5, 0.6) is 0 Å².